The maximum atomic E-state index is 5.30. The molecule has 4 nitrogen and oxygen atoms in total. The molecule has 4 heteroatoms. The highest BCUT2D eigenvalue weighted by Gasteiger charge is 2.24. The van der Waals surface area contributed by atoms with Crippen LogP contribution in [0, 0.1) is 0 Å². The Morgan fingerprint density at radius 2 is 1.87 bits per heavy atom. The van der Waals surface area contributed by atoms with Gasteiger partial charge in [-0.05, 0) is 32.9 Å². The molecule has 0 N–H and O–H groups in total. The predicted octanol–water partition coefficient (Wildman–Crippen LogP) is 2.35. The van der Waals surface area contributed by atoms with Crippen molar-refractivity contribution in [3.8, 4) is 0 Å². The number of rotatable bonds is 3. The van der Waals surface area contributed by atoms with E-state index in [4.69, 9.17) is 4.52 Å². The van der Waals surface area contributed by atoms with E-state index in [2.05, 4.69) is 35.8 Å². The second kappa shape index (κ2) is 4.31. The molecule has 0 aromatic carbocycles. The molecular weight excluding hydrogens is 190 g/mol. The Hall–Kier alpha value is -0.900. The number of hydrogen-bond donors (Lipinski definition) is 0. The average molecular weight is 209 g/mol. The van der Waals surface area contributed by atoms with Gasteiger partial charge in [0.2, 0.25) is 5.89 Å². The van der Waals surface area contributed by atoms with Crippen LogP contribution in [0.2, 0.25) is 0 Å². The summed E-state index contributed by atoms with van der Waals surface area (Å²) < 4.78 is 5.30. The zero-order valence-electron chi connectivity index (χ0n) is 9.73. The molecule has 0 saturated carbocycles. The molecule has 1 atom stereocenters. The van der Waals surface area contributed by atoms with Gasteiger partial charge in [-0.3, -0.25) is 4.90 Å². The van der Waals surface area contributed by atoms with Gasteiger partial charge in [-0.15, -0.1) is 0 Å². The Kier molecular flexibility index (Phi) is 3.05. The standard InChI is InChI=1S/C11H19N3O/c1-8(2)10-12-11(15-13-10)9(3)14-6-4-5-7-14/h8-9H,4-7H2,1-3H3/t9-/m0/s1. The Labute approximate surface area is 90.7 Å². The van der Waals surface area contributed by atoms with E-state index in [0.29, 0.717) is 5.92 Å². The van der Waals surface area contributed by atoms with E-state index >= 15 is 0 Å². The average Bonchev–Trinajstić information content (AvgIpc) is 2.88. The molecule has 1 fully saturated rings. The van der Waals surface area contributed by atoms with E-state index in [1.807, 2.05) is 0 Å². The van der Waals surface area contributed by atoms with E-state index < -0.39 is 0 Å². The van der Waals surface area contributed by atoms with Crippen molar-refractivity contribution in [2.45, 2.75) is 45.6 Å². The van der Waals surface area contributed by atoms with Gasteiger partial charge >= 0.3 is 0 Å². The molecule has 15 heavy (non-hydrogen) atoms. The number of likely N-dealkylation sites (tertiary alicyclic amines) is 1. The van der Waals surface area contributed by atoms with Crippen molar-refractivity contribution in [2.24, 2.45) is 0 Å². The summed E-state index contributed by atoms with van der Waals surface area (Å²) in [4.78, 5) is 6.84. The zero-order valence-corrected chi connectivity index (χ0v) is 9.73. The number of aromatic nitrogens is 2. The van der Waals surface area contributed by atoms with Crippen molar-refractivity contribution in [3.63, 3.8) is 0 Å². The quantitative estimate of drug-likeness (QED) is 0.766. The first-order valence-electron chi connectivity index (χ1n) is 5.76. The molecule has 0 radical (unpaired) electrons. The molecule has 2 heterocycles. The lowest BCUT2D eigenvalue weighted by molar-refractivity contribution is 0.209. The number of nitrogens with zero attached hydrogens (tertiary/aromatic N) is 3. The second-order valence-electron chi connectivity index (χ2n) is 4.56. The van der Waals surface area contributed by atoms with Gasteiger partial charge in [-0.1, -0.05) is 19.0 Å². The third-order valence-electron chi connectivity index (χ3n) is 3.02. The molecular formula is C11H19N3O. The SMILES string of the molecule is CC(C)c1noc([C@H](C)N2CCCC2)n1. The molecule has 0 aliphatic carbocycles. The van der Waals surface area contributed by atoms with Gasteiger partial charge in [0.15, 0.2) is 5.82 Å². The third kappa shape index (κ3) is 2.20. The normalized spacial score (nSPS) is 20.0. The van der Waals surface area contributed by atoms with Crippen LogP contribution in [-0.4, -0.2) is 28.1 Å². The Morgan fingerprint density at radius 1 is 1.20 bits per heavy atom. The summed E-state index contributed by atoms with van der Waals surface area (Å²) >= 11 is 0. The van der Waals surface area contributed by atoms with Crippen LogP contribution in [0.4, 0.5) is 0 Å². The molecule has 0 spiro atoms. The Bertz CT molecular complexity index is 315. The molecule has 0 unspecified atom stereocenters. The van der Waals surface area contributed by atoms with E-state index in [-0.39, 0.29) is 6.04 Å². The van der Waals surface area contributed by atoms with Crippen molar-refractivity contribution < 1.29 is 4.52 Å². The predicted molar refractivity (Wildman–Crippen MR) is 57.6 cm³/mol. The van der Waals surface area contributed by atoms with Gasteiger partial charge in [0, 0.05) is 5.92 Å². The highest BCUT2D eigenvalue weighted by atomic mass is 16.5. The van der Waals surface area contributed by atoms with Crippen LogP contribution < -0.4 is 0 Å². The minimum Gasteiger partial charge on any atom is -0.338 e. The van der Waals surface area contributed by atoms with Crippen LogP contribution in [0.15, 0.2) is 4.52 Å². The maximum absolute atomic E-state index is 5.30. The van der Waals surface area contributed by atoms with E-state index in [1.54, 1.807) is 0 Å². The van der Waals surface area contributed by atoms with Gasteiger partial charge in [-0.2, -0.15) is 4.98 Å². The maximum Gasteiger partial charge on any atom is 0.243 e. The van der Waals surface area contributed by atoms with Crippen molar-refractivity contribution >= 4 is 0 Å². The zero-order chi connectivity index (χ0) is 10.8. The minimum absolute atomic E-state index is 0.271. The fraction of sp³-hybridized carbons (Fsp3) is 0.818. The summed E-state index contributed by atoms with van der Waals surface area (Å²) in [5.74, 6) is 1.92. The van der Waals surface area contributed by atoms with E-state index in [0.717, 1.165) is 24.8 Å². The van der Waals surface area contributed by atoms with Gasteiger partial charge in [0.1, 0.15) is 0 Å². The molecule has 0 bridgehead atoms. The highest BCUT2D eigenvalue weighted by Crippen LogP contribution is 2.24. The molecule has 2 rings (SSSR count). The first-order valence-corrected chi connectivity index (χ1v) is 5.76. The number of hydrogen-bond acceptors (Lipinski definition) is 4. The molecule has 1 aromatic heterocycles. The summed E-state index contributed by atoms with van der Waals surface area (Å²) in [6.07, 6.45) is 2.57. The lowest BCUT2D eigenvalue weighted by Gasteiger charge is -2.19. The molecule has 0 amide bonds. The fourth-order valence-electron chi connectivity index (χ4n) is 1.94. The molecule has 1 aromatic rings. The van der Waals surface area contributed by atoms with E-state index in [1.165, 1.54) is 12.8 Å². The largest absolute Gasteiger partial charge is 0.338 e. The topological polar surface area (TPSA) is 42.2 Å². The van der Waals surface area contributed by atoms with Gasteiger partial charge < -0.3 is 4.52 Å². The summed E-state index contributed by atoms with van der Waals surface area (Å²) in [5.41, 5.74) is 0. The smallest absolute Gasteiger partial charge is 0.243 e. The lowest BCUT2D eigenvalue weighted by Crippen LogP contribution is -2.23. The summed E-state index contributed by atoms with van der Waals surface area (Å²) in [6, 6.07) is 0.271. The molecule has 1 saturated heterocycles. The Balaban J connectivity index is 2.07. The van der Waals surface area contributed by atoms with Crippen LogP contribution in [-0.2, 0) is 0 Å². The van der Waals surface area contributed by atoms with Crippen LogP contribution in [0.5, 0.6) is 0 Å². The first kappa shape index (κ1) is 10.6. The van der Waals surface area contributed by atoms with Crippen molar-refractivity contribution in [1.82, 2.24) is 15.0 Å². The van der Waals surface area contributed by atoms with Crippen LogP contribution in [0.25, 0.3) is 0 Å². The highest BCUT2D eigenvalue weighted by molar-refractivity contribution is 4.96. The van der Waals surface area contributed by atoms with Crippen molar-refractivity contribution in [1.29, 1.82) is 0 Å². The van der Waals surface area contributed by atoms with Crippen LogP contribution in [0.1, 0.15) is 57.3 Å². The molecule has 84 valence electrons. The van der Waals surface area contributed by atoms with Gasteiger partial charge in [0.05, 0.1) is 6.04 Å². The van der Waals surface area contributed by atoms with Gasteiger partial charge in [0.25, 0.3) is 0 Å². The summed E-state index contributed by atoms with van der Waals surface area (Å²) in [7, 11) is 0. The summed E-state index contributed by atoms with van der Waals surface area (Å²) in [5, 5.41) is 4.00. The second-order valence-corrected chi connectivity index (χ2v) is 4.56. The Morgan fingerprint density at radius 3 is 2.40 bits per heavy atom. The monoisotopic (exact) mass is 209 g/mol. The summed E-state index contributed by atoms with van der Waals surface area (Å²) in [6.45, 7) is 8.61. The van der Waals surface area contributed by atoms with Crippen LogP contribution in [0.3, 0.4) is 0 Å². The van der Waals surface area contributed by atoms with Crippen molar-refractivity contribution in [3.05, 3.63) is 11.7 Å². The molecule has 1 aliphatic heterocycles. The third-order valence-corrected chi connectivity index (χ3v) is 3.02. The van der Waals surface area contributed by atoms with Gasteiger partial charge in [-0.25, -0.2) is 0 Å². The van der Waals surface area contributed by atoms with E-state index in [9.17, 15) is 0 Å². The minimum atomic E-state index is 0.271. The molecule has 1 aliphatic rings. The fourth-order valence-corrected chi connectivity index (χ4v) is 1.94. The van der Waals surface area contributed by atoms with Crippen LogP contribution >= 0.6 is 0 Å². The lowest BCUT2D eigenvalue weighted by atomic mass is 10.2. The first-order chi connectivity index (χ1) is 7.18. The van der Waals surface area contributed by atoms with Crippen molar-refractivity contribution in [2.75, 3.05) is 13.1 Å².